The van der Waals surface area contributed by atoms with E-state index in [1.807, 2.05) is 11.8 Å². The van der Waals surface area contributed by atoms with Crippen LogP contribution < -0.4 is 0 Å². The summed E-state index contributed by atoms with van der Waals surface area (Å²) < 4.78 is 5.11. The van der Waals surface area contributed by atoms with Gasteiger partial charge in [-0.3, -0.25) is 9.69 Å². The molecular weight excluding hydrogens is 244 g/mol. The van der Waals surface area contributed by atoms with Gasteiger partial charge in [0.2, 0.25) is 11.8 Å². The fourth-order valence-corrected chi connectivity index (χ4v) is 2.23. The number of amides is 1. The van der Waals surface area contributed by atoms with Gasteiger partial charge in [-0.15, -0.1) is 0 Å². The molecule has 0 spiro atoms. The Morgan fingerprint density at radius 2 is 2.00 bits per heavy atom. The maximum atomic E-state index is 11.9. The van der Waals surface area contributed by atoms with Crippen LogP contribution in [0.1, 0.15) is 32.0 Å². The molecule has 6 heteroatoms. The highest BCUT2D eigenvalue weighted by Gasteiger charge is 2.22. The number of rotatable bonds is 4. The van der Waals surface area contributed by atoms with E-state index in [1.165, 1.54) is 0 Å². The number of hydrogen-bond acceptors (Lipinski definition) is 5. The third-order valence-electron chi connectivity index (χ3n) is 3.24. The zero-order chi connectivity index (χ0) is 13.8. The fraction of sp³-hybridized carbons (Fsp3) is 0.769. The molecule has 6 nitrogen and oxygen atoms in total. The van der Waals surface area contributed by atoms with Crippen molar-refractivity contribution in [3.05, 3.63) is 11.7 Å². The predicted octanol–water partition coefficient (Wildman–Crippen LogP) is 1.07. The average molecular weight is 266 g/mol. The summed E-state index contributed by atoms with van der Waals surface area (Å²) >= 11 is 0. The lowest BCUT2D eigenvalue weighted by atomic mass is 10.1. The summed E-state index contributed by atoms with van der Waals surface area (Å²) in [4.78, 5) is 20.3. The van der Waals surface area contributed by atoms with E-state index < -0.39 is 0 Å². The van der Waals surface area contributed by atoms with E-state index in [-0.39, 0.29) is 5.91 Å². The summed E-state index contributed by atoms with van der Waals surface area (Å²) in [5, 5.41) is 3.78. The molecule has 2 heterocycles. The van der Waals surface area contributed by atoms with Gasteiger partial charge in [-0.25, -0.2) is 0 Å². The van der Waals surface area contributed by atoms with Gasteiger partial charge in [0.25, 0.3) is 0 Å². The van der Waals surface area contributed by atoms with Crippen LogP contribution in [0.3, 0.4) is 0 Å². The second-order valence-electron chi connectivity index (χ2n) is 5.49. The molecule has 0 radical (unpaired) electrons. The lowest BCUT2D eigenvalue weighted by Crippen LogP contribution is -2.48. The monoisotopic (exact) mass is 266 g/mol. The molecule has 0 atom stereocenters. The van der Waals surface area contributed by atoms with Gasteiger partial charge < -0.3 is 9.42 Å². The molecule has 0 aliphatic carbocycles. The van der Waals surface area contributed by atoms with Crippen LogP contribution in [0.4, 0.5) is 0 Å². The Labute approximate surface area is 113 Å². The lowest BCUT2D eigenvalue weighted by Gasteiger charge is -2.34. The van der Waals surface area contributed by atoms with Crippen molar-refractivity contribution < 1.29 is 9.32 Å². The third-order valence-corrected chi connectivity index (χ3v) is 3.24. The number of carbonyl (C=O) groups is 1. The van der Waals surface area contributed by atoms with E-state index in [0.29, 0.717) is 30.6 Å². The minimum absolute atomic E-state index is 0.267. The van der Waals surface area contributed by atoms with Crippen molar-refractivity contribution >= 4 is 5.91 Å². The van der Waals surface area contributed by atoms with E-state index in [4.69, 9.17) is 4.52 Å². The standard InChI is InChI=1S/C13H22N4O2/c1-10(2)8-13(18)17-6-4-16(5-7-17)9-12-14-11(3)15-19-12/h10H,4-9H2,1-3H3. The minimum atomic E-state index is 0.267. The van der Waals surface area contributed by atoms with Crippen LogP contribution in [0, 0.1) is 12.8 Å². The molecule has 0 bridgehead atoms. The van der Waals surface area contributed by atoms with Gasteiger partial charge >= 0.3 is 0 Å². The van der Waals surface area contributed by atoms with Crippen LogP contribution in [0.25, 0.3) is 0 Å². The number of aryl methyl sites for hydroxylation is 1. The van der Waals surface area contributed by atoms with Gasteiger partial charge in [0.05, 0.1) is 6.54 Å². The topological polar surface area (TPSA) is 62.5 Å². The van der Waals surface area contributed by atoms with Crippen molar-refractivity contribution in [3.8, 4) is 0 Å². The number of aromatic nitrogens is 2. The molecule has 1 aromatic heterocycles. The van der Waals surface area contributed by atoms with Gasteiger partial charge in [0, 0.05) is 32.6 Å². The van der Waals surface area contributed by atoms with Crippen molar-refractivity contribution in [3.63, 3.8) is 0 Å². The Kier molecular flexibility index (Phi) is 4.52. The SMILES string of the molecule is Cc1noc(CN2CCN(C(=O)CC(C)C)CC2)n1. The highest BCUT2D eigenvalue weighted by molar-refractivity contribution is 5.76. The average Bonchev–Trinajstić information content (AvgIpc) is 2.75. The Morgan fingerprint density at radius 3 is 2.53 bits per heavy atom. The summed E-state index contributed by atoms with van der Waals surface area (Å²) in [6, 6.07) is 0. The maximum absolute atomic E-state index is 11.9. The lowest BCUT2D eigenvalue weighted by molar-refractivity contribution is -0.133. The normalized spacial score (nSPS) is 17.2. The van der Waals surface area contributed by atoms with E-state index in [9.17, 15) is 4.79 Å². The molecule has 2 rings (SSSR count). The molecule has 1 aromatic rings. The number of carbonyl (C=O) groups excluding carboxylic acids is 1. The molecule has 1 amide bonds. The zero-order valence-electron chi connectivity index (χ0n) is 11.9. The molecule has 19 heavy (non-hydrogen) atoms. The highest BCUT2D eigenvalue weighted by Crippen LogP contribution is 2.10. The number of piperazine rings is 1. The smallest absolute Gasteiger partial charge is 0.240 e. The van der Waals surface area contributed by atoms with Crippen LogP contribution in [0.5, 0.6) is 0 Å². The quantitative estimate of drug-likeness (QED) is 0.815. The zero-order valence-corrected chi connectivity index (χ0v) is 11.9. The molecule has 1 aliphatic heterocycles. The van der Waals surface area contributed by atoms with Crippen molar-refractivity contribution in [2.24, 2.45) is 5.92 Å². The molecule has 0 saturated carbocycles. The second kappa shape index (κ2) is 6.14. The molecule has 106 valence electrons. The van der Waals surface area contributed by atoms with E-state index >= 15 is 0 Å². The van der Waals surface area contributed by atoms with Crippen LogP contribution in [-0.4, -0.2) is 52.0 Å². The van der Waals surface area contributed by atoms with Crippen LogP contribution in [0.15, 0.2) is 4.52 Å². The van der Waals surface area contributed by atoms with Crippen molar-refractivity contribution in [1.82, 2.24) is 19.9 Å². The predicted molar refractivity (Wildman–Crippen MR) is 70.3 cm³/mol. The van der Waals surface area contributed by atoms with Crippen LogP contribution >= 0.6 is 0 Å². The Hall–Kier alpha value is -1.43. The molecule has 1 fully saturated rings. The second-order valence-corrected chi connectivity index (χ2v) is 5.49. The summed E-state index contributed by atoms with van der Waals surface area (Å²) in [6.45, 7) is 9.95. The first kappa shape index (κ1) is 14.0. The first-order valence-corrected chi connectivity index (χ1v) is 6.84. The molecule has 1 saturated heterocycles. The van der Waals surface area contributed by atoms with Crippen molar-refractivity contribution in [2.75, 3.05) is 26.2 Å². The van der Waals surface area contributed by atoms with Gasteiger partial charge in [-0.2, -0.15) is 4.98 Å². The maximum Gasteiger partial charge on any atom is 0.240 e. The summed E-state index contributed by atoms with van der Waals surface area (Å²) in [7, 11) is 0. The fourth-order valence-electron chi connectivity index (χ4n) is 2.23. The van der Waals surface area contributed by atoms with Gasteiger partial charge in [-0.05, 0) is 12.8 Å². The van der Waals surface area contributed by atoms with Crippen molar-refractivity contribution in [1.29, 1.82) is 0 Å². The Balaban J connectivity index is 1.77. The van der Waals surface area contributed by atoms with E-state index in [0.717, 1.165) is 26.2 Å². The Bertz CT molecular complexity index is 422. The summed E-state index contributed by atoms with van der Waals surface area (Å²) in [6.07, 6.45) is 0.642. The molecule has 1 aliphatic rings. The van der Waals surface area contributed by atoms with Crippen molar-refractivity contribution in [2.45, 2.75) is 33.7 Å². The van der Waals surface area contributed by atoms with E-state index in [1.54, 1.807) is 0 Å². The summed E-state index contributed by atoms with van der Waals surface area (Å²) in [5.74, 6) is 2.01. The first-order chi connectivity index (χ1) is 9.04. The third kappa shape index (κ3) is 4.02. The summed E-state index contributed by atoms with van der Waals surface area (Å²) in [5.41, 5.74) is 0. The number of nitrogens with zero attached hydrogens (tertiary/aromatic N) is 4. The van der Waals surface area contributed by atoms with Gasteiger partial charge in [0.15, 0.2) is 5.82 Å². The van der Waals surface area contributed by atoms with Gasteiger partial charge in [0.1, 0.15) is 0 Å². The largest absolute Gasteiger partial charge is 0.340 e. The highest BCUT2D eigenvalue weighted by atomic mass is 16.5. The first-order valence-electron chi connectivity index (χ1n) is 6.84. The Morgan fingerprint density at radius 1 is 1.32 bits per heavy atom. The number of hydrogen-bond donors (Lipinski definition) is 0. The molecular formula is C13H22N4O2. The molecule has 0 aromatic carbocycles. The minimum Gasteiger partial charge on any atom is -0.340 e. The van der Waals surface area contributed by atoms with Crippen LogP contribution in [0.2, 0.25) is 0 Å². The molecule has 0 N–H and O–H groups in total. The van der Waals surface area contributed by atoms with Crippen LogP contribution in [-0.2, 0) is 11.3 Å². The van der Waals surface area contributed by atoms with E-state index in [2.05, 4.69) is 28.9 Å². The van der Waals surface area contributed by atoms with Gasteiger partial charge in [-0.1, -0.05) is 19.0 Å². The molecule has 0 unspecified atom stereocenters.